The van der Waals surface area contributed by atoms with Crippen molar-refractivity contribution in [2.75, 3.05) is 6.61 Å². The van der Waals surface area contributed by atoms with Gasteiger partial charge in [0.05, 0.1) is 12.3 Å². The highest BCUT2D eigenvalue weighted by Crippen LogP contribution is 2.31. The lowest BCUT2D eigenvalue weighted by atomic mass is 10.1. The third kappa shape index (κ3) is 2.20. The van der Waals surface area contributed by atoms with Gasteiger partial charge < -0.3 is 9.72 Å². The molecule has 3 rings (SSSR count). The van der Waals surface area contributed by atoms with E-state index in [1.165, 1.54) is 0 Å². The molecule has 0 amide bonds. The van der Waals surface area contributed by atoms with Crippen LogP contribution in [0.2, 0.25) is 0 Å². The number of pyridine rings is 1. The number of halogens is 1. The Bertz CT molecular complexity index is 825. The molecule has 0 saturated heterocycles. The highest BCUT2D eigenvalue weighted by molar-refractivity contribution is 9.10. The maximum atomic E-state index is 11.9. The van der Waals surface area contributed by atoms with Crippen LogP contribution in [0.15, 0.2) is 33.5 Å². The average molecular weight is 335 g/mol. The van der Waals surface area contributed by atoms with Crippen LogP contribution in [0.1, 0.15) is 6.92 Å². The predicted octanol–water partition coefficient (Wildman–Crippen LogP) is 2.47. The molecule has 0 aliphatic carbocycles. The van der Waals surface area contributed by atoms with Gasteiger partial charge in [0.2, 0.25) is 0 Å². The molecule has 1 aromatic carbocycles. The number of benzene rings is 1. The van der Waals surface area contributed by atoms with E-state index in [4.69, 9.17) is 4.74 Å². The van der Waals surface area contributed by atoms with Gasteiger partial charge in [0.25, 0.3) is 5.56 Å². The van der Waals surface area contributed by atoms with Crippen molar-refractivity contribution < 1.29 is 4.74 Å². The van der Waals surface area contributed by atoms with Crippen molar-refractivity contribution in [1.29, 1.82) is 0 Å². The van der Waals surface area contributed by atoms with Crippen LogP contribution in [0.3, 0.4) is 0 Å². The van der Waals surface area contributed by atoms with Gasteiger partial charge in [-0.15, -0.1) is 0 Å². The van der Waals surface area contributed by atoms with Crippen LogP contribution in [-0.2, 0) is 0 Å². The van der Waals surface area contributed by atoms with E-state index in [1.807, 2.05) is 25.1 Å². The summed E-state index contributed by atoms with van der Waals surface area (Å²) in [6.45, 7) is 2.45. The molecule has 0 saturated carbocycles. The van der Waals surface area contributed by atoms with Crippen LogP contribution < -0.4 is 10.3 Å². The molecule has 2 heterocycles. The Labute approximate surface area is 122 Å². The zero-order chi connectivity index (χ0) is 14.1. The Morgan fingerprint density at radius 1 is 1.30 bits per heavy atom. The number of rotatable bonds is 3. The number of nitrogens with one attached hydrogen (secondary N) is 2. The number of H-pyrrole nitrogens is 2. The number of hydrogen-bond acceptors (Lipinski definition) is 4. The SMILES string of the molecule is CCOc1cc(Br)ccc1-c1cc2n[nH]nc2c(=O)[nH]1. The summed E-state index contributed by atoms with van der Waals surface area (Å²) in [5.41, 5.74) is 1.99. The van der Waals surface area contributed by atoms with Crippen LogP contribution in [0.5, 0.6) is 5.75 Å². The Morgan fingerprint density at radius 3 is 2.95 bits per heavy atom. The molecule has 0 unspecified atom stereocenters. The number of aromatic amines is 2. The molecule has 0 radical (unpaired) electrons. The van der Waals surface area contributed by atoms with Crippen molar-refractivity contribution in [2.45, 2.75) is 6.92 Å². The summed E-state index contributed by atoms with van der Waals surface area (Å²) >= 11 is 3.41. The second kappa shape index (κ2) is 5.09. The number of nitrogens with zero attached hydrogens (tertiary/aromatic N) is 2. The minimum absolute atomic E-state index is 0.281. The van der Waals surface area contributed by atoms with E-state index in [9.17, 15) is 4.79 Å². The van der Waals surface area contributed by atoms with E-state index in [1.54, 1.807) is 6.07 Å². The Balaban J connectivity index is 2.22. The first-order valence-corrected chi connectivity index (χ1v) is 6.85. The van der Waals surface area contributed by atoms with E-state index in [-0.39, 0.29) is 5.56 Å². The summed E-state index contributed by atoms with van der Waals surface area (Å²) in [5.74, 6) is 0.695. The highest BCUT2D eigenvalue weighted by atomic mass is 79.9. The minimum atomic E-state index is -0.281. The molecule has 2 aromatic heterocycles. The number of hydrogen-bond donors (Lipinski definition) is 2. The summed E-state index contributed by atoms with van der Waals surface area (Å²) in [6.07, 6.45) is 0. The van der Waals surface area contributed by atoms with Crippen molar-refractivity contribution >= 4 is 27.0 Å². The topological polar surface area (TPSA) is 83.7 Å². The molecular formula is C13H11BrN4O2. The van der Waals surface area contributed by atoms with Crippen LogP contribution >= 0.6 is 15.9 Å². The lowest BCUT2D eigenvalue weighted by Crippen LogP contribution is -2.08. The van der Waals surface area contributed by atoms with Crippen molar-refractivity contribution in [3.63, 3.8) is 0 Å². The van der Waals surface area contributed by atoms with Crippen LogP contribution in [0.4, 0.5) is 0 Å². The summed E-state index contributed by atoms with van der Waals surface area (Å²) in [7, 11) is 0. The largest absolute Gasteiger partial charge is 0.493 e. The van der Waals surface area contributed by atoms with E-state index in [2.05, 4.69) is 36.3 Å². The van der Waals surface area contributed by atoms with Crippen LogP contribution in [-0.4, -0.2) is 27.0 Å². The molecule has 6 nitrogen and oxygen atoms in total. The summed E-state index contributed by atoms with van der Waals surface area (Å²) in [4.78, 5) is 14.7. The fourth-order valence-electron chi connectivity index (χ4n) is 2.00. The van der Waals surface area contributed by atoms with Crippen molar-refractivity contribution in [2.24, 2.45) is 0 Å². The third-order valence-corrected chi connectivity index (χ3v) is 3.35. The van der Waals surface area contributed by atoms with E-state index < -0.39 is 0 Å². The van der Waals surface area contributed by atoms with Gasteiger partial charge in [-0.1, -0.05) is 15.9 Å². The summed E-state index contributed by atoms with van der Waals surface area (Å²) < 4.78 is 6.52. The zero-order valence-electron chi connectivity index (χ0n) is 10.6. The second-order valence-corrected chi connectivity index (χ2v) is 5.06. The van der Waals surface area contributed by atoms with E-state index in [0.717, 1.165) is 10.0 Å². The van der Waals surface area contributed by atoms with Gasteiger partial charge in [0.1, 0.15) is 11.3 Å². The highest BCUT2D eigenvalue weighted by Gasteiger charge is 2.11. The first-order valence-electron chi connectivity index (χ1n) is 6.05. The molecule has 0 atom stereocenters. The van der Waals surface area contributed by atoms with Crippen LogP contribution in [0, 0.1) is 0 Å². The zero-order valence-corrected chi connectivity index (χ0v) is 12.2. The first-order chi connectivity index (χ1) is 9.69. The molecule has 3 aromatic rings. The average Bonchev–Trinajstić information content (AvgIpc) is 2.88. The van der Waals surface area contributed by atoms with Gasteiger partial charge in [0, 0.05) is 10.0 Å². The molecule has 0 aliphatic rings. The van der Waals surface area contributed by atoms with Gasteiger partial charge in [-0.2, -0.15) is 15.4 Å². The normalized spacial score (nSPS) is 10.9. The fourth-order valence-corrected chi connectivity index (χ4v) is 2.34. The molecule has 102 valence electrons. The third-order valence-electron chi connectivity index (χ3n) is 2.85. The monoisotopic (exact) mass is 334 g/mol. The Morgan fingerprint density at radius 2 is 2.15 bits per heavy atom. The Hall–Kier alpha value is -2.15. The lowest BCUT2D eigenvalue weighted by molar-refractivity contribution is 0.341. The van der Waals surface area contributed by atoms with Gasteiger partial charge in [-0.3, -0.25) is 4.79 Å². The first kappa shape index (κ1) is 12.9. The standard InChI is InChI=1S/C13H11BrN4O2/c1-2-20-11-5-7(14)3-4-8(11)9-6-10-12(13(19)15-9)17-18-16-10/h3-6H,2H2,1H3,(H,15,19)(H,16,17,18). The molecule has 0 aliphatic heterocycles. The van der Waals surface area contributed by atoms with E-state index >= 15 is 0 Å². The lowest BCUT2D eigenvalue weighted by Gasteiger charge is -2.10. The molecular weight excluding hydrogens is 324 g/mol. The van der Waals surface area contributed by atoms with Crippen molar-refractivity contribution in [1.82, 2.24) is 20.4 Å². The van der Waals surface area contributed by atoms with Gasteiger partial charge in [-0.05, 0) is 31.2 Å². The molecule has 0 bridgehead atoms. The summed E-state index contributed by atoms with van der Waals surface area (Å²) in [6, 6.07) is 7.41. The maximum Gasteiger partial charge on any atom is 0.278 e. The predicted molar refractivity (Wildman–Crippen MR) is 78.8 cm³/mol. The molecule has 0 fully saturated rings. The van der Waals surface area contributed by atoms with Gasteiger partial charge in [-0.25, -0.2) is 0 Å². The fraction of sp³-hybridized carbons (Fsp3) is 0.154. The second-order valence-electron chi connectivity index (χ2n) is 4.14. The van der Waals surface area contributed by atoms with Gasteiger partial charge >= 0.3 is 0 Å². The number of aromatic nitrogens is 4. The quantitative estimate of drug-likeness (QED) is 0.770. The van der Waals surface area contributed by atoms with Crippen molar-refractivity contribution in [3.05, 3.63) is 39.1 Å². The maximum absolute atomic E-state index is 11.9. The van der Waals surface area contributed by atoms with Crippen LogP contribution in [0.25, 0.3) is 22.3 Å². The smallest absolute Gasteiger partial charge is 0.278 e. The number of ether oxygens (including phenoxy) is 1. The van der Waals surface area contributed by atoms with Crippen molar-refractivity contribution in [3.8, 4) is 17.0 Å². The minimum Gasteiger partial charge on any atom is -0.493 e. The Kier molecular flexibility index (Phi) is 3.27. The van der Waals surface area contributed by atoms with Gasteiger partial charge in [0.15, 0.2) is 5.52 Å². The molecule has 7 heteroatoms. The summed E-state index contributed by atoms with van der Waals surface area (Å²) in [5, 5.41) is 10.2. The number of fused-ring (bicyclic) bond motifs is 1. The molecule has 20 heavy (non-hydrogen) atoms. The van der Waals surface area contributed by atoms with E-state index in [0.29, 0.717) is 29.1 Å². The molecule has 2 N–H and O–H groups in total. The molecule has 0 spiro atoms.